The van der Waals surface area contributed by atoms with Gasteiger partial charge in [-0.1, -0.05) is 6.07 Å². The van der Waals surface area contributed by atoms with Crippen molar-refractivity contribution in [3.63, 3.8) is 0 Å². The van der Waals surface area contributed by atoms with Crippen LogP contribution in [0.15, 0.2) is 47.3 Å². The minimum absolute atomic E-state index is 0.157. The minimum Gasteiger partial charge on any atom is -0.494 e. The first-order valence-corrected chi connectivity index (χ1v) is 8.03. The van der Waals surface area contributed by atoms with Gasteiger partial charge < -0.3 is 20.0 Å². The van der Waals surface area contributed by atoms with Crippen molar-refractivity contribution in [1.82, 2.24) is 15.3 Å². The number of aromatic nitrogens is 2. The van der Waals surface area contributed by atoms with Crippen LogP contribution in [0.5, 0.6) is 5.75 Å². The van der Waals surface area contributed by atoms with Crippen molar-refractivity contribution in [2.45, 2.75) is 6.92 Å². The Labute approximate surface area is 148 Å². The van der Waals surface area contributed by atoms with E-state index in [1.54, 1.807) is 42.5 Å². The molecule has 1 heterocycles. The number of amides is 1. The van der Waals surface area contributed by atoms with Crippen LogP contribution in [0, 0.1) is 0 Å². The fourth-order valence-corrected chi connectivity index (χ4v) is 2.55. The predicted octanol–water partition coefficient (Wildman–Crippen LogP) is 2.38. The van der Waals surface area contributed by atoms with Crippen LogP contribution in [0.25, 0.3) is 11.0 Å². The number of imidazole rings is 1. The Bertz CT molecular complexity index is 993. The van der Waals surface area contributed by atoms with Crippen LogP contribution in [-0.2, 0) is 0 Å². The molecule has 7 nitrogen and oxygen atoms in total. The normalized spacial score (nSPS) is 10.4. The number of carbonyl (C=O) groups excluding carboxylic acids is 1. The SMILES string of the molecule is CCOc1cccc(C(=O)NC(=S)Nc2ccc3[nH]c(=O)[nH]c3c2)c1. The van der Waals surface area contributed by atoms with Crippen LogP contribution in [0.2, 0.25) is 0 Å². The van der Waals surface area contributed by atoms with Gasteiger partial charge in [-0.2, -0.15) is 0 Å². The van der Waals surface area contributed by atoms with Gasteiger partial charge >= 0.3 is 5.69 Å². The lowest BCUT2D eigenvalue weighted by Crippen LogP contribution is -2.34. The second-order valence-electron chi connectivity index (χ2n) is 5.21. The Balaban J connectivity index is 1.67. The highest BCUT2D eigenvalue weighted by Gasteiger charge is 2.09. The summed E-state index contributed by atoms with van der Waals surface area (Å²) in [4.78, 5) is 28.9. The van der Waals surface area contributed by atoms with Gasteiger partial charge in [-0.3, -0.25) is 10.1 Å². The number of ether oxygens (including phenoxy) is 1. The molecule has 0 fully saturated rings. The molecule has 2 aromatic carbocycles. The molecular weight excluding hydrogens is 340 g/mol. The number of carbonyl (C=O) groups is 1. The zero-order valence-electron chi connectivity index (χ0n) is 13.4. The van der Waals surface area contributed by atoms with E-state index in [0.717, 1.165) is 0 Å². The number of rotatable bonds is 4. The van der Waals surface area contributed by atoms with Crippen LogP contribution >= 0.6 is 12.2 Å². The summed E-state index contributed by atoms with van der Waals surface area (Å²) in [5.74, 6) is 0.283. The van der Waals surface area contributed by atoms with Crippen LogP contribution in [0.3, 0.4) is 0 Å². The van der Waals surface area contributed by atoms with E-state index in [9.17, 15) is 9.59 Å². The highest BCUT2D eigenvalue weighted by Crippen LogP contribution is 2.15. The average molecular weight is 356 g/mol. The number of hydrogen-bond donors (Lipinski definition) is 4. The molecule has 25 heavy (non-hydrogen) atoms. The summed E-state index contributed by atoms with van der Waals surface area (Å²) in [5, 5.41) is 5.69. The number of anilines is 1. The molecule has 0 atom stereocenters. The van der Waals surface area contributed by atoms with E-state index in [2.05, 4.69) is 20.6 Å². The lowest BCUT2D eigenvalue weighted by Gasteiger charge is -2.10. The summed E-state index contributed by atoms with van der Waals surface area (Å²) in [6.45, 7) is 2.40. The molecular formula is C17H16N4O3S. The Kier molecular flexibility index (Phi) is 4.80. The highest BCUT2D eigenvalue weighted by atomic mass is 32.1. The zero-order chi connectivity index (χ0) is 17.8. The van der Waals surface area contributed by atoms with E-state index >= 15 is 0 Å². The third-order valence-electron chi connectivity index (χ3n) is 3.41. The largest absolute Gasteiger partial charge is 0.494 e. The highest BCUT2D eigenvalue weighted by molar-refractivity contribution is 7.80. The van der Waals surface area contributed by atoms with E-state index in [0.29, 0.717) is 34.6 Å². The molecule has 1 aromatic heterocycles. The van der Waals surface area contributed by atoms with E-state index < -0.39 is 0 Å². The lowest BCUT2D eigenvalue weighted by molar-refractivity contribution is 0.0977. The third-order valence-corrected chi connectivity index (χ3v) is 3.61. The van der Waals surface area contributed by atoms with Gasteiger partial charge in [-0.05, 0) is 55.5 Å². The molecule has 0 unspecified atom stereocenters. The summed E-state index contributed by atoms with van der Waals surface area (Å²) < 4.78 is 5.38. The molecule has 128 valence electrons. The fourth-order valence-electron chi connectivity index (χ4n) is 2.34. The van der Waals surface area contributed by atoms with Gasteiger partial charge in [0.2, 0.25) is 0 Å². The second kappa shape index (κ2) is 7.18. The Morgan fingerprint density at radius 3 is 2.76 bits per heavy atom. The van der Waals surface area contributed by atoms with Crippen molar-refractivity contribution in [2.75, 3.05) is 11.9 Å². The number of aromatic amines is 2. The summed E-state index contributed by atoms with van der Waals surface area (Å²) in [6, 6.07) is 12.1. The van der Waals surface area contributed by atoms with Gasteiger partial charge in [0.1, 0.15) is 5.75 Å². The van der Waals surface area contributed by atoms with Gasteiger partial charge in [0.05, 0.1) is 17.6 Å². The first kappa shape index (κ1) is 16.7. The quantitative estimate of drug-likeness (QED) is 0.538. The maximum Gasteiger partial charge on any atom is 0.323 e. The summed E-state index contributed by atoms with van der Waals surface area (Å²) in [6.07, 6.45) is 0. The van der Waals surface area contributed by atoms with Gasteiger partial charge in [-0.25, -0.2) is 4.79 Å². The van der Waals surface area contributed by atoms with Crippen molar-refractivity contribution >= 4 is 40.0 Å². The Hall–Kier alpha value is -3.13. The molecule has 0 aliphatic heterocycles. The molecule has 4 N–H and O–H groups in total. The molecule has 0 spiro atoms. The molecule has 8 heteroatoms. The smallest absolute Gasteiger partial charge is 0.323 e. The predicted molar refractivity (Wildman–Crippen MR) is 100 cm³/mol. The van der Waals surface area contributed by atoms with Crippen LogP contribution < -0.4 is 21.1 Å². The minimum atomic E-state index is -0.338. The molecule has 3 aromatic rings. The lowest BCUT2D eigenvalue weighted by atomic mass is 10.2. The van der Waals surface area contributed by atoms with E-state index in [4.69, 9.17) is 17.0 Å². The average Bonchev–Trinajstić information content (AvgIpc) is 2.94. The summed E-state index contributed by atoms with van der Waals surface area (Å²) >= 11 is 5.17. The standard InChI is InChI=1S/C17H16N4O3S/c1-2-24-12-5-3-4-10(8-12)15(22)21-17(25)18-11-6-7-13-14(9-11)20-16(23)19-13/h3-9H,2H2,1H3,(H2,19,20,23)(H2,18,21,22,25). The van der Waals surface area contributed by atoms with E-state index in [-0.39, 0.29) is 16.7 Å². The zero-order valence-corrected chi connectivity index (χ0v) is 14.2. The number of thiocarbonyl (C=S) groups is 1. The van der Waals surface area contributed by atoms with Crippen LogP contribution in [0.1, 0.15) is 17.3 Å². The topological polar surface area (TPSA) is 99.0 Å². The number of nitrogens with one attached hydrogen (secondary N) is 4. The number of H-pyrrole nitrogens is 2. The molecule has 0 aliphatic carbocycles. The molecule has 0 aliphatic rings. The maximum absolute atomic E-state index is 12.3. The van der Waals surface area contributed by atoms with Crippen LogP contribution in [-0.4, -0.2) is 27.6 Å². The van der Waals surface area contributed by atoms with Crippen molar-refractivity contribution in [1.29, 1.82) is 0 Å². The maximum atomic E-state index is 12.3. The Morgan fingerprint density at radius 2 is 1.96 bits per heavy atom. The third kappa shape index (κ3) is 4.04. The first-order valence-electron chi connectivity index (χ1n) is 7.62. The monoisotopic (exact) mass is 356 g/mol. The van der Waals surface area contributed by atoms with Gasteiger partial charge in [0, 0.05) is 11.3 Å². The summed E-state index contributed by atoms with van der Waals surface area (Å²) in [7, 11) is 0. The fraction of sp³-hybridized carbons (Fsp3) is 0.118. The molecule has 0 saturated heterocycles. The number of hydrogen-bond acceptors (Lipinski definition) is 4. The molecule has 1 amide bonds. The van der Waals surface area contributed by atoms with Crippen molar-refractivity contribution < 1.29 is 9.53 Å². The van der Waals surface area contributed by atoms with E-state index in [1.165, 1.54) is 0 Å². The van der Waals surface area contributed by atoms with E-state index in [1.807, 2.05) is 6.92 Å². The van der Waals surface area contributed by atoms with Crippen molar-refractivity contribution in [2.24, 2.45) is 0 Å². The van der Waals surface area contributed by atoms with Gasteiger partial charge in [0.25, 0.3) is 5.91 Å². The van der Waals surface area contributed by atoms with Crippen LogP contribution in [0.4, 0.5) is 5.69 Å². The van der Waals surface area contributed by atoms with Crippen molar-refractivity contribution in [3.05, 3.63) is 58.5 Å². The molecule has 0 saturated carbocycles. The number of benzene rings is 2. The number of fused-ring (bicyclic) bond motifs is 1. The van der Waals surface area contributed by atoms with Gasteiger partial charge in [-0.15, -0.1) is 0 Å². The summed E-state index contributed by atoms with van der Waals surface area (Å²) in [5.41, 5.74) is 2.15. The first-order chi connectivity index (χ1) is 12.0. The molecule has 0 radical (unpaired) electrons. The second-order valence-corrected chi connectivity index (χ2v) is 5.62. The molecule has 3 rings (SSSR count). The molecule has 0 bridgehead atoms. The van der Waals surface area contributed by atoms with Crippen molar-refractivity contribution in [3.8, 4) is 5.75 Å². The van der Waals surface area contributed by atoms with Gasteiger partial charge in [0.15, 0.2) is 5.11 Å². The Morgan fingerprint density at radius 1 is 1.16 bits per heavy atom.